The van der Waals surface area contributed by atoms with Crippen LogP contribution in [-0.2, 0) is 7.05 Å². The van der Waals surface area contributed by atoms with E-state index in [1.54, 1.807) is 6.07 Å². The zero-order chi connectivity index (χ0) is 11.5. The van der Waals surface area contributed by atoms with E-state index in [-0.39, 0.29) is 0 Å². The number of rotatable bonds is 3. The summed E-state index contributed by atoms with van der Waals surface area (Å²) in [6, 6.07) is 1.74. The SMILES string of the molecule is Cc1nnc(Sc2cc(NN)ncn2)n1C. The number of nitrogens with one attached hydrogen (secondary N) is 1. The average Bonchev–Trinajstić information content (AvgIpc) is 2.61. The van der Waals surface area contributed by atoms with Crippen LogP contribution in [0.4, 0.5) is 5.82 Å². The van der Waals surface area contributed by atoms with Gasteiger partial charge in [0.05, 0.1) is 0 Å². The van der Waals surface area contributed by atoms with Gasteiger partial charge in [-0.15, -0.1) is 10.2 Å². The molecule has 8 heteroatoms. The van der Waals surface area contributed by atoms with Gasteiger partial charge in [-0.25, -0.2) is 15.8 Å². The molecule has 0 radical (unpaired) electrons. The van der Waals surface area contributed by atoms with E-state index < -0.39 is 0 Å². The number of aromatic nitrogens is 5. The van der Waals surface area contributed by atoms with E-state index in [4.69, 9.17) is 5.84 Å². The van der Waals surface area contributed by atoms with Gasteiger partial charge < -0.3 is 9.99 Å². The second-order valence-electron chi connectivity index (χ2n) is 3.08. The monoisotopic (exact) mass is 237 g/mol. The van der Waals surface area contributed by atoms with Crippen molar-refractivity contribution in [3.8, 4) is 0 Å². The zero-order valence-electron chi connectivity index (χ0n) is 8.88. The summed E-state index contributed by atoms with van der Waals surface area (Å²) < 4.78 is 1.89. The highest BCUT2D eigenvalue weighted by atomic mass is 32.2. The summed E-state index contributed by atoms with van der Waals surface area (Å²) in [6.07, 6.45) is 1.45. The molecular weight excluding hydrogens is 226 g/mol. The fourth-order valence-corrected chi connectivity index (χ4v) is 1.85. The van der Waals surface area contributed by atoms with Gasteiger partial charge in [-0.2, -0.15) is 0 Å². The number of anilines is 1. The molecule has 7 nitrogen and oxygen atoms in total. The fourth-order valence-electron chi connectivity index (χ4n) is 1.04. The van der Waals surface area contributed by atoms with Crippen LogP contribution in [0.3, 0.4) is 0 Å². The molecule has 0 unspecified atom stereocenters. The van der Waals surface area contributed by atoms with E-state index in [1.807, 2.05) is 18.5 Å². The zero-order valence-corrected chi connectivity index (χ0v) is 9.69. The summed E-state index contributed by atoms with van der Waals surface area (Å²) in [5, 5.41) is 9.53. The molecule has 2 heterocycles. The molecule has 0 spiro atoms. The van der Waals surface area contributed by atoms with Crippen LogP contribution in [0.2, 0.25) is 0 Å². The van der Waals surface area contributed by atoms with Crippen LogP contribution in [0.1, 0.15) is 5.82 Å². The Labute approximate surface area is 96.5 Å². The Hall–Kier alpha value is -1.67. The molecule has 16 heavy (non-hydrogen) atoms. The van der Waals surface area contributed by atoms with Gasteiger partial charge in [-0.05, 0) is 18.7 Å². The lowest BCUT2D eigenvalue weighted by Gasteiger charge is -2.02. The number of nitrogens with two attached hydrogens (primary N) is 1. The highest BCUT2D eigenvalue weighted by Gasteiger charge is 2.08. The van der Waals surface area contributed by atoms with Gasteiger partial charge in [-0.1, -0.05) is 0 Å². The third-order valence-electron chi connectivity index (χ3n) is 2.04. The van der Waals surface area contributed by atoms with Crippen LogP contribution >= 0.6 is 11.8 Å². The molecule has 0 atom stereocenters. The van der Waals surface area contributed by atoms with E-state index in [2.05, 4.69) is 25.6 Å². The third-order valence-corrected chi connectivity index (χ3v) is 3.01. The quantitative estimate of drug-likeness (QED) is 0.452. The first-order valence-electron chi connectivity index (χ1n) is 4.53. The lowest BCUT2D eigenvalue weighted by Crippen LogP contribution is -2.08. The first kappa shape index (κ1) is 10.8. The highest BCUT2D eigenvalue weighted by molar-refractivity contribution is 7.99. The van der Waals surface area contributed by atoms with Gasteiger partial charge in [-0.3, -0.25) is 0 Å². The fraction of sp³-hybridized carbons (Fsp3) is 0.250. The van der Waals surface area contributed by atoms with Crippen molar-refractivity contribution in [1.29, 1.82) is 0 Å². The van der Waals surface area contributed by atoms with Crippen molar-refractivity contribution in [2.45, 2.75) is 17.1 Å². The predicted molar refractivity (Wildman–Crippen MR) is 59.7 cm³/mol. The molecule has 0 saturated heterocycles. The molecule has 3 N–H and O–H groups in total. The van der Waals surface area contributed by atoms with Gasteiger partial charge >= 0.3 is 0 Å². The summed E-state index contributed by atoms with van der Waals surface area (Å²) in [5.74, 6) is 6.68. The maximum Gasteiger partial charge on any atom is 0.197 e. The van der Waals surface area contributed by atoms with Crippen molar-refractivity contribution in [2.24, 2.45) is 12.9 Å². The van der Waals surface area contributed by atoms with E-state index in [9.17, 15) is 0 Å². The molecule has 0 aliphatic rings. The topological polar surface area (TPSA) is 94.5 Å². The molecule has 2 aromatic heterocycles. The lowest BCUT2D eigenvalue weighted by molar-refractivity contribution is 0.764. The number of nitrogens with zero attached hydrogens (tertiary/aromatic N) is 5. The minimum absolute atomic E-state index is 0.566. The largest absolute Gasteiger partial charge is 0.309 e. The summed E-state index contributed by atoms with van der Waals surface area (Å²) in [7, 11) is 1.90. The Morgan fingerprint density at radius 2 is 2.19 bits per heavy atom. The lowest BCUT2D eigenvalue weighted by atomic mass is 10.6. The van der Waals surface area contributed by atoms with Crippen molar-refractivity contribution in [3.05, 3.63) is 18.2 Å². The van der Waals surface area contributed by atoms with Crippen molar-refractivity contribution < 1.29 is 0 Å². The highest BCUT2D eigenvalue weighted by Crippen LogP contribution is 2.24. The van der Waals surface area contributed by atoms with E-state index in [0.29, 0.717) is 5.82 Å². The molecule has 0 aliphatic carbocycles. The first-order valence-corrected chi connectivity index (χ1v) is 5.35. The van der Waals surface area contributed by atoms with Gasteiger partial charge in [0.15, 0.2) is 5.16 Å². The Morgan fingerprint density at radius 1 is 1.38 bits per heavy atom. The molecule has 0 bridgehead atoms. The van der Waals surface area contributed by atoms with E-state index in [0.717, 1.165) is 16.0 Å². The maximum absolute atomic E-state index is 5.26. The summed E-state index contributed by atoms with van der Waals surface area (Å²) in [4.78, 5) is 8.03. The van der Waals surface area contributed by atoms with Crippen molar-refractivity contribution in [3.63, 3.8) is 0 Å². The number of aryl methyl sites for hydroxylation is 1. The van der Waals surface area contributed by atoms with Crippen LogP contribution in [0.25, 0.3) is 0 Å². The molecular formula is C8H11N7S. The van der Waals surface area contributed by atoms with Crippen molar-refractivity contribution in [1.82, 2.24) is 24.7 Å². The first-order chi connectivity index (χ1) is 7.70. The number of hydrazine groups is 1. The number of nitrogen functional groups attached to an aromatic ring is 1. The summed E-state index contributed by atoms with van der Waals surface area (Å²) in [6.45, 7) is 1.89. The Kier molecular flexibility index (Phi) is 3.02. The Balaban J connectivity index is 2.23. The average molecular weight is 237 g/mol. The molecule has 2 rings (SSSR count). The van der Waals surface area contributed by atoms with Gasteiger partial charge in [0.2, 0.25) is 0 Å². The molecule has 0 aromatic carbocycles. The van der Waals surface area contributed by atoms with Gasteiger partial charge in [0.25, 0.3) is 0 Å². The standard InChI is InChI=1S/C8H11N7S/c1-5-13-14-8(15(5)2)16-7-3-6(12-9)10-4-11-7/h3-4H,9H2,1-2H3,(H,10,11,12). The van der Waals surface area contributed by atoms with Gasteiger partial charge in [0, 0.05) is 13.1 Å². The van der Waals surface area contributed by atoms with Crippen LogP contribution in [0.15, 0.2) is 22.6 Å². The minimum atomic E-state index is 0.566. The van der Waals surface area contributed by atoms with Crippen molar-refractivity contribution >= 4 is 17.6 Å². The maximum atomic E-state index is 5.26. The van der Waals surface area contributed by atoms with Crippen LogP contribution < -0.4 is 11.3 Å². The van der Waals surface area contributed by atoms with E-state index >= 15 is 0 Å². The number of hydrogen-bond acceptors (Lipinski definition) is 7. The molecule has 84 valence electrons. The molecule has 0 amide bonds. The van der Waals surface area contributed by atoms with Crippen LogP contribution in [0, 0.1) is 6.92 Å². The molecule has 0 aliphatic heterocycles. The van der Waals surface area contributed by atoms with Crippen LogP contribution in [-0.4, -0.2) is 24.7 Å². The minimum Gasteiger partial charge on any atom is -0.309 e. The van der Waals surface area contributed by atoms with Crippen LogP contribution in [0.5, 0.6) is 0 Å². The van der Waals surface area contributed by atoms with Gasteiger partial charge in [0.1, 0.15) is 23.0 Å². The number of hydrogen-bond donors (Lipinski definition) is 2. The molecule has 0 saturated carbocycles. The second kappa shape index (κ2) is 4.45. The molecule has 0 fully saturated rings. The van der Waals surface area contributed by atoms with Crippen molar-refractivity contribution in [2.75, 3.05) is 5.43 Å². The second-order valence-corrected chi connectivity index (χ2v) is 4.06. The summed E-state index contributed by atoms with van der Waals surface area (Å²) in [5.41, 5.74) is 2.47. The third kappa shape index (κ3) is 2.12. The molecule has 2 aromatic rings. The summed E-state index contributed by atoms with van der Waals surface area (Å²) >= 11 is 1.41. The normalized spacial score (nSPS) is 10.4. The van der Waals surface area contributed by atoms with E-state index in [1.165, 1.54) is 18.1 Å². The Bertz CT molecular complexity index is 495. The smallest absolute Gasteiger partial charge is 0.197 e. The predicted octanol–water partition coefficient (Wildman–Crippen LogP) is 0.350. The Morgan fingerprint density at radius 3 is 2.81 bits per heavy atom.